The van der Waals surface area contributed by atoms with Gasteiger partial charge in [0.25, 0.3) is 0 Å². The lowest BCUT2D eigenvalue weighted by molar-refractivity contribution is 0.218. The summed E-state index contributed by atoms with van der Waals surface area (Å²) in [4.78, 5) is 14.3. The van der Waals surface area contributed by atoms with Crippen molar-refractivity contribution in [3.63, 3.8) is 0 Å². The normalized spacial score (nSPS) is 17.5. The average molecular weight is 593 g/mol. The summed E-state index contributed by atoms with van der Waals surface area (Å²) in [5.74, 6) is -0.351. The Morgan fingerprint density at radius 3 is 2.66 bits per heavy atom. The Bertz CT molecular complexity index is 1790. The zero-order valence-electron chi connectivity index (χ0n) is 22.7. The number of sulfonamides is 1. The van der Waals surface area contributed by atoms with Crippen molar-refractivity contribution in [3.8, 4) is 17.3 Å². The molecule has 1 saturated heterocycles. The molecule has 0 saturated carbocycles. The highest BCUT2D eigenvalue weighted by molar-refractivity contribution is 7.88. The van der Waals surface area contributed by atoms with E-state index in [1.807, 2.05) is 24.1 Å². The summed E-state index contributed by atoms with van der Waals surface area (Å²) >= 11 is 1.29. The van der Waals surface area contributed by atoms with Gasteiger partial charge in [0.15, 0.2) is 5.13 Å². The molecule has 3 heterocycles. The lowest BCUT2D eigenvalue weighted by Gasteiger charge is -2.41. The Balaban J connectivity index is 1.44. The molecule has 1 atom stereocenters. The highest BCUT2D eigenvalue weighted by Gasteiger charge is 2.32. The van der Waals surface area contributed by atoms with E-state index in [0.29, 0.717) is 34.4 Å². The van der Waals surface area contributed by atoms with Crippen molar-refractivity contribution < 1.29 is 17.9 Å². The Kier molecular flexibility index (Phi) is 7.15. The summed E-state index contributed by atoms with van der Waals surface area (Å²) in [6.45, 7) is 0.823. The second kappa shape index (κ2) is 10.6. The predicted molar refractivity (Wildman–Crippen MR) is 159 cm³/mol. The maximum absolute atomic E-state index is 13.6. The fourth-order valence-electron chi connectivity index (χ4n) is 5.84. The Labute approximate surface area is 242 Å². The van der Waals surface area contributed by atoms with Crippen LogP contribution in [0, 0.1) is 17.1 Å². The monoisotopic (exact) mass is 592 g/mol. The number of rotatable bonds is 6. The number of aromatic nitrogens is 2. The van der Waals surface area contributed by atoms with Gasteiger partial charge in [-0.15, -0.1) is 0 Å². The number of anilines is 3. The van der Waals surface area contributed by atoms with Crippen molar-refractivity contribution in [2.45, 2.75) is 25.3 Å². The maximum Gasteiger partial charge on any atom is 0.211 e. The zero-order chi connectivity index (χ0) is 28.9. The van der Waals surface area contributed by atoms with E-state index >= 15 is 0 Å². The number of pyridine rings is 1. The molecule has 41 heavy (non-hydrogen) atoms. The minimum absolute atomic E-state index is 0.179. The first-order valence-electron chi connectivity index (χ1n) is 13.4. The van der Waals surface area contributed by atoms with Gasteiger partial charge in [-0.2, -0.15) is 9.57 Å². The van der Waals surface area contributed by atoms with Crippen LogP contribution in [0.1, 0.15) is 22.6 Å². The molecular formula is C29H29FN6O3S2. The van der Waals surface area contributed by atoms with Crippen LogP contribution in [0.25, 0.3) is 22.2 Å². The average Bonchev–Trinajstić information content (AvgIpc) is 3.62. The number of nitrogens with zero attached hydrogens (tertiary/aromatic N) is 6. The number of hydrogen-bond acceptors (Lipinski definition) is 9. The van der Waals surface area contributed by atoms with Crippen LogP contribution in [0.5, 0.6) is 0 Å². The molecule has 0 radical (unpaired) electrons. The van der Waals surface area contributed by atoms with Gasteiger partial charge in [-0.3, -0.25) is 4.98 Å². The summed E-state index contributed by atoms with van der Waals surface area (Å²) in [6, 6.07) is 13.9. The Morgan fingerprint density at radius 2 is 1.95 bits per heavy atom. The van der Waals surface area contributed by atoms with Gasteiger partial charge < -0.3 is 14.9 Å². The van der Waals surface area contributed by atoms with E-state index in [4.69, 9.17) is 9.97 Å². The number of piperazine rings is 1. The van der Waals surface area contributed by atoms with Crippen LogP contribution in [0.15, 0.2) is 42.5 Å². The zero-order valence-corrected chi connectivity index (χ0v) is 24.3. The molecule has 0 spiro atoms. The molecule has 2 aromatic carbocycles. The number of benzene rings is 2. The topological polar surface area (TPSA) is 114 Å². The van der Waals surface area contributed by atoms with Crippen LogP contribution in [0.4, 0.5) is 20.9 Å². The highest BCUT2D eigenvalue weighted by Crippen LogP contribution is 2.43. The smallest absolute Gasteiger partial charge is 0.211 e. The number of nitriles is 1. The first-order chi connectivity index (χ1) is 19.7. The summed E-state index contributed by atoms with van der Waals surface area (Å²) in [5, 5.41) is 21.6. The fourth-order valence-corrected chi connectivity index (χ4v) is 7.55. The third-order valence-corrected chi connectivity index (χ3v) is 10.2. The number of thiazole rings is 1. The lowest BCUT2D eigenvalue weighted by Crippen LogP contribution is -2.56. The second-order valence-electron chi connectivity index (χ2n) is 10.4. The van der Waals surface area contributed by atoms with Crippen molar-refractivity contribution in [2.75, 3.05) is 49.3 Å². The molecule has 1 N–H and O–H groups in total. The number of aliphatic hydroxyl groups excluding tert-OH is 1. The number of fused-ring (bicyclic) bond motifs is 2. The van der Waals surface area contributed by atoms with Crippen molar-refractivity contribution in [1.29, 1.82) is 5.26 Å². The van der Waals surface area contributed by atoms with Crippen LogP contribution in [-0.4, -0.2) is 73.4 Å². The van der Waals surface area contributed by atoms with Crippen molar-refractivity contribution in [2.24, 2.45) is 0 Å². The third kappa shape index (κ3) is 5.04. The van der Waals surface area contributed by atoms with E-state index in [2.05, 4.69) is 17.0 Å². The third-order valence-electron chi connectivity index (χ3n) is 7.88. The van der Waals surface area contributed by atoms with Crippen LogP contribution in [0.2, 0.25) is 0 Å². The molecule has 0 amide bonds. The van der Waals surface area contributed by atoms with Gasteiger partial charge >= 0.3 is 0 Å². The molecule has 2 aromatic heterocycles. The van der Waals surface area contributed by atoms with E-state index < -0.39 is 10.0 Å². The first-order valence-corrected chi connectivity index (χ1v) is 16.0. The molecule has 1 aliphatic heterocycles. The molecule has 1 aliphatic carbocycles. The number of aliphatic hydroxyl groups is 1. The quantitative estimate of drug-likeness (QED) is 0.357. The van der Waals surface area contributed by atoms with Crippen molar-refractivity contribution in [3.05, 3.63) is 64.4 Å². The molecule has 6 rings (SSSR count). The molecule has 1 fully saturated rings. The minimum atomic E-state index is -3.36. The maximum atomic E-state index is 13.6. The summed E-state index contributed by atoms with van der Waals surface area (Å²) in [6.07, 6.45) is 3.94. The van der Waals surface area contributed by atoms with Crippen LogP contribution in [-0.2, 0) is 22.9 Å². The lowest BCUT2D eigenvalue weighted by atomic mass is 10.0. The molecule has 0 bridgehead atoms. The molecule has 12 heteroatoms. The molecule has 4 aromatic rings. The van der Waals surface area contributed by atoms with Gasteiger partial charge in [-0.25, -0.2) is 17.8 Å². The fraction of sp³-hybridized carbons (Fsp3) is 0.345. The largest absolute Gasteiger partial charge is 0.394 e. The van der Waals surface area contributed by atoms with Gasteiger partial charge in [0.1, 0.15) is 22.5 Å². The predicted octanol–water partition coefficient (Wildman–Crippen LogP) is 4.07. The van der Waals surface area contributed by atoms with Gasteiger partial charge in [0, 0.05) is 49.0 Å². The Hall–Kier alpha value is -3.63. The summed E-state index contributed by atoms with van der Waals surface area (Å²) in [7, 11) is -1.42. The molecular weight excluding hydrogens is 563 g/mol. The van der Waals surface area contributed by atoms with Gasteiger partial charge in [0.2, 0.25) is 10.0 Å². The number of hydrogen-bond donors (Lipinski definition) is 1. The Morgan fingerprint density at radius 1 is 1.17 bits per heavy atom. The minimum Gasteiger partial charge on any atom is -0.394 e. The number of aryl methyl sites for hydroxylation is 1. The number of halogens is 1. The van der Waals surface area contributed by atoms with E-state index in [9.17, 15) is 23.2 Å². The molecule has 9 nitrogen and oxygen atoms in total. The van der Waals surface area contributed by atoms with E-state index in [1.54, 1.807) is 12.1 Å². The molecule has 212 valence electrons. The van der Waals surface area contributed by atoms with Gasteiger partial charge in [-0.1, -0.05) is 11.3 Å². The van der Waals surface area contributed by atoms with Crippen LogP contribution >= 0.6 is 11.3 Å². The first kappa shape index (κ1) is 27.5. The summed E-state index contributed by atoms with van der Waals surface area (Å²) in [5.41, 5.74) is 6.08. The van der Waals surface area contributed by atoms with E-state index in [-0.39, 0.29) is 25.0 Å². The van der Waals surface area contributed by atoms with Gasteiger partial charge in [0.05, 0.1) is 30.1 Å². The van der Waals surface area contributed by atoms with E-state index in [0.717, 1.165) is 52.8 Å². The molecule has 0 unspecified atom stereocenters. The summed E-state index contributed by atoms with van der Waals surface area (Å²) < 4.78 is 39.3. The van der Waals surface area contributed by atoms with E-state index in [1.165, 1.54) is 34.0 Å². The highest BCUT2D eigenvalue weighted by atomic mass is 32.2. The van der Waals surface area contributed by atoms with Crippen LogP contribution in [0.3, 0.4) is 0 Å². The SMILES string of the molecule is CN(c1nc(-c2ccc(F)cc2)c(C#N)s1)c1c2c(nc3ccc(N4CCN(S(C)(=O)=O)C[C@H]4CO)cc13)CCC2. The molecule has 2 aliphatic rings. The van der Waals surface area contributed by atoms with Crippen molar-refractivity contribution in [1.82, 2.24) is 14.3 Å². The second-order valence-corrected chi connectivity index (χ2v) is 13.4. The van der Waals surface area contributed by atoms with Crippen molar-refractivity contribution >= 4 is 48.8 Å². The standard InChI is InChI=1S/C29H29FN6O3S2/c1-34(29-33-27(26(15-31)40-29)18-6-8-19(30)9-7-18)28-22-4-3-5-24(22)32-25-11-10-20(14-23(25)28)36-13-12-35(41(2,38)39)16-21(36)17-37/h6-11,14,21,37H,3-5,12-13,16-17H2,1-2H3/t21-/m0/s1. The van der Waals surface area contributed by atoms with Crippen LogP contribution < -0.4 is 9.80 Å². The van der Waals surface area contributed by atoms with Gasteiger partial charge in [-0.05, 0) is 67.3 Å².